The second kappa shape index (κ2) is 4.53. The highest BCUT2D eigenvalue weighted by atomic mass is 16.4. The lowest BCUT2D eigenvalue weighted by atomic mass is 10.0. The molecule has 0 aliphatic heterocycles. The van der Waals surface area contributed by atoms with E-state index in [1.165, 1.54) is 5.56 Å². The number of H-pyrrole nitrogens is 1. The Morgan fingerprint density at radius 1 is 1.50 bits per heavy atom. The van der Waals surface area contributed by atoms with Crippen molar-refractivity contribution in [2.75, 3.05) is 7.05 Å². The smallest absolute Gasteiger partial charge is 0.408 e. The molecule has 4 heteroatoms. The molecule has 0 spiro atoms. The van der Waals surface area contributed by atoms with E-state index in [-0.39, 0.29) is 0 Å². The summed E-state index contributed by atoms with van der Waals surface area (Å²) in [5.74, 6) is -0.396. The number of aromatic amines is 1. The number of nitrogens with one attached hydrogen (secondary N) is 2. The summed E-state index contributed by atoms with van der Waals surface area (Å²) in [5, 5.41) is 3.25. The molecular formula is C12H16N2O2. The first-order chi connectivity index (χ1) is 7.72. The number of hydrogen-bond acceptors (Lipinski definition) is 3. The SMILES string of the molecule is CCC(Cc1ccc2[nH]c(=O)oc2c1)NC. The standard InChI is InChI=1S/C12H16N2O2/c1-3-9(13-2)6-8-4-5-10-11(7-8)16-12(15)14-10/h4-5,7,9,13H,3,6H2,1-2H3,(H,14,15). The van der Waals surface area contributed by atoms with Crippen LogP contribution < -0.4 is 11.1 Å². The Morgan fingerprint density at radius 2 is 2.31 bits per heavy atom. The van der Waals surface area contributed by atoms with E-state index in [9.17, 15) is 4.79 Å². The van der Waals surface area contributed by atoms with Crippen LogP contribution in [0, 0.1) is 0 Å². The van der Waals surface area contributed by atoms with Crippen molar-refractivity contribution >= 4 is 11.1 Å². The fraction of sp³-hybridized carbons (Fsp3) is 0.417. The van der Waals surface area contributed by atoms with E-state index >= 15 is 0 Å². The number of rotatable bonds is 4. The Labute approximate surface area is 93.7 Å². The molecule has 0 aliphatic carbocycles. The topological polar surface area (TPSA) is 58.0 Å². The number of hydrogen-bond donors (Lipinski definition) is 2. The molecule has 0 saturated carbocycles. The lowest BCUT2D eigenvalue weighted by Gasteiger charge is -2.13. The quantitative estimate of drug-likeness (QED) is 0.823. The number of benzene rings is 1. The average molecular weight is 220 g/mol. The van der Waals surface area contributed by atoms with Gasteiger partial charge in [0.15, 0.2) is 5.58 Å². The van der Waals surface area contributed by atoms with Gasteiger partial charge >= 0.3 is 5.76 Å². The summed E-state index contributed by atoms with van der Waals surface area (Å²) >= 11 is 0. The van der Waals surface area contributed by atoms with Gasteiger partial charge in [0, 0.05) is 6.04 Å². The molecule has 4 nitrogen and oxygen atoms in total. The minimum Gasteiger partial charge on any atom is -0.408 e. The van der Waals surface area contributed by atoms with Gasteiger partial charge in [0.2, 0.25) is 0 Å². The number of aromatic nitrogens is 1. The zero-order chi connectivity index (χ0) is 11.5. The lowest BCUT2D eigenvalue weighted by molar-refractivity contribution is 0.540. The lowest BCUT2D eigenvalue weighted by Crippen LogP contribution is -2.26. The van der Waals surface area contributed by atoms with E-state index in [1.54, 1.807) is 0 Å². The van der Waals surface area contributed by atoms with Crippen molar-refractivity contribution < 1.29 is 4.42 Å². The molecule has 0 aliphatic rings. The second-order valence-corrected chi connectivity index (χ2v) is 3.94. The Bertz CT molecular complexity index is 523. The van der Waals surface area contributed by atoms with Crippen LogP contribution in [0.3, 0.4) is 0 Å². The summed E-state index contributed by atoms with van der Waals surface area (Å²) in [4.78, 5) is 13.6. The first-order valence-electron chi connectivity index (χ1n) is 5.52. The largest absolute Gasteiger partial charge is 0.417 e. The van der Waals surface area contributed by atoms with E-state index in [4.69, 9.17) is 4.42 Å². The van der Waals surface area contributed by atoms with Crippen LogP contribution in [0.25, 0.3) is 11.1 Å². The predicted octanol–water partition coefficient (Wildman–Crippen LogP) is 1.66. The molecule has 1 heterocycles. The molecule has 16 heavy (non-hydrogen) atoms. The Kier molecular flexibility index (Phi) is 3.10. The molecule has 86 valence electrons. The van der Waals surface area contributed by atoms with Crippen LogP contribution in [0.4, 0.5) is 0 Å². The summed E-state index contributed by atoms with van der Waals surface area (Å²) in [7, 11) is 1.96. The fourth-order valence-corrected chi connectivity index (χ4v) is 1.85. The minimum absolute atomic E-state index is 0.396. The van der Waals surface area contributed by atoms with Gasteiger partial charge in [-0.05, 0) is 37.6 Å². The fourth-order valence-electron chi connectivity index (χ4n) is 1.85. The molecule has 1 atom stereocenters. The average Bonchev–Trinajstić information content (AvgIpc) is 2.65. The molecule has 0 fully saturated rings. The van der Waals surface area contributed by atoms with Gasteiger partial charge in [-0.2, -0.15) is 0 Å². The van der Waals surface area contributed by atoms with Crippen LogP contribution in [-0.2, 0) is 6.42 Å². The van der Waals surface area contributed by atoms with Gasteiger partial charge in [-0.1, -0.05) is 13.0 Å². The van der Waals surface area contributed by atoms with Crippen molar-refractivity contribution in [3.63, 3.8) is 0 Å². The maximum absolute atomic E-state index is 11.0. The van der Waals surface area contributed by atoms with Crippen molar-refractivity contribution in [2.45, 2.75) is 25.8 Å². The third-order valence-corrected chi connectivity index (χ3v) is 2.87. The molecule has 1 unspecified atom stereocenters. The molecule has 0 saturated heterocycles. The van der Waals surface area contributed by atoms with Crippen molar-refractivity contribution in [1.82, 2.24) is 10.3 Å². The third-order valence-electron chi connectivity index (χ3n) is 2.87. The monoisotopic (exact) mass is 220 g/mol. The summed E-state index contributed by atoms with van der Waals surface area (Å²) in [6.45, 7) is 2.15. The molecule has 0 radical (unpaired) electrons. The Balaban J connectivity index is 2.28. The highest BCUT2D eigenvalue weighted by Crippen LogP contribution is 2.14. The van der Waals surface area contributed by atoms with E-state index in [0.717, 1.165) is 18.4 Å². The van der Waals surface area contributed by atoms with Crippen molar-refractivity contribution in [3.05, 3.63) is 34.3 Å². The highest BCUT2D eigenvalue weighted by molar-refractivity contribution is 5.72. The summed E-state index contributed by atoms with van der Waals surface area (Å²) in [5.41, 5.74) is 2.57. The summed E-state index contributed by atoms with van der Waals surface area (Å²) < 4.78 is 5.03. The second-order valence-electron chi connectivity index (χ2n) is 3.94. The molecule has 0 bridgehead atoms. The van der Waals surface area contributed by atoms with Crippen LogP contribution >= 0.6 is 0 Å². The van der Waals surface area contributed by atoms with Crippen LogP contribution in [0.2, 0.25) is 0 Å². The molecule has 2 aromatic rings. The first kappa shape index (κ1) is 11.0. The molecule has 1 aromatic heterocycles. The van der Waals surface area contributed by atoms with Crippen LogP contribution in [0.5, 0.6) is 0 Å². The maximum Gasteiger partial charge on any atom is 0.417 e. The van der Waals surface area contributed by atoms with Gasteiger partial charge in [-0.25, -0.2) is 4.79 Å². The van der Waals surface area contributed by atoms with Crippen LogP contribution in [0.15, 0.2) is 27.4 Å². The zero-order valence-corrected chi connectivity index (χ0v) is 9.54. The van der Waals surface area contributed by atoms with Gasteiger partial charge in [0.25, 0.3) is 0 Å². The minimum atomic E-state index is -0.396. The summed E-state index contributed by atoms with van der Waals surface area (Å²) in [6.07, 6.45) is 2.02. The van der Waals surface area contributed by atoms with E-state index in [2.05, 4.69) is 17.2 Å². The first-order valence-corrected chi connectivity index (χ1v) is 5.52. The van der Waals surface area contributed by atoms with E-state index < -0.39 is 5.76 Å². The number of likely N-dealkylation sites (N-methyl/N-ethyl adjacent to an activating group) is 1. The molecular weight excluding hydrogens is 204 g/mol. The highest BCUT2D eigenvalue weighted by Gasteiger charge is 2.07. The van der Waals surface area contributed by atoms with Crippen molar-refractivity contribution in [1.29, 1.82) is 0 Å². The van der Waals surface area contributed by atoms with Gasteiger partial charge in [0.05, 0.1) is 5.52 Å². The van der Waals surface area contributed by atoms with Crippen molar-refractivity contribution in [3.8, 4) is 0 Å². The Hall–Kier alpha value is -1.55. The zero-order valence-electron chi connectivity index (χ0n) is 9.54. The van der Waals surface area contributed by atoms with E-state index in [0.29, 0.717) is 11.6 Å². The number of oxazole rings is 1. The molecule has 2 N–H and O–H groups in total. The normalized spacial score (nSPS) is 13.1. The predicted molar refractivity (Wildman–Crippen MR) is 63.7 cm³/mol. The van der Waals surface area contributed by atoms with Crippen LogP contribution in [-0.4, -0.2) is 18.1 Å². The third kappa shape index (κ3) is 2.17. The maximum atomic E-state index is 11.0. The van der Waals surface area contributed by atoms with Crippen LogP contribution in [0.1, 0.15) is 18.9 Å². The van der Waals surface area contributed by atoms with Gasteiger partial charge < -0.3 is 9.73 Å². The van der Waals surface area contributed by atoms with Crippen molar-refractivity contribution in [2.24, 2.45) is 0 Å². The Morgan fingerprint density at radius 3 is 3.00 bits per heavy atom. The molecule has 0 amide bonds. The molecule has 2 rings (SSSR count). The van der Waals surface area contributed by atoms with Gasteiger partial charge in [-0.3, -0.25) is 4.98 Å². The summed E-state index contributed by atoms with van der Waals surface area (Å²) in [6, 6.07) is 6.29. The van der Waals surface area contributed by atoms with Gasteiger partial charge in [-0.15, -0.1) is 0 Å². The molecule has 1 aromatic carbocycles. The van der Waals surface area contributed by atoms with E-state index in [1.807, 2.05) is 25.2 Å². The van der Waals surface area contributed by atoms with Gasteiger partial charge in [0.1, 0.15) is 0 Å². The number of fused-ring (bicyclic) bond motifs is 1.